The number of aryl methyl sites for hydroxylation is 1. The van der Waals surface area contributed by atoms with Crippen LogP contribution >= 0.6 is 15.9 Å². The van der Waals surface area contributed by atoms with Gasteiger partial charge in [0.25, 0.3) is 0 Å². The second kappa shape index (κ2) is 6.59. The van der Waals surface area contributed by atoms with Crippen LogP contribution in [0.4, 0.5) is 0 Å². The van der Waals surface area contributed by atoms with E-state index in [1.807, 2.05) is 0 Å². The zero-order valence-corrected chi connectivity index (χ0v) is 14.0. The molecule has 1 aromatic carbocycles. The van der Waals surface area contributed by atoms with Crippen LogP contribution in [-0.2, 0) is 12.8 Å². The van der Waals surface area contributed by atoms with Crippen LogP contribution in [0.1, 0.15) is 37.3 Å². The Hall–Kier alpha value is -0.380. The Morgan fingerprint density at radius 1 is 1.30 bits per heavy atom. The predicted molar refractivity (Wildman–Crippen MR) is 88.2 cm³/mol. The molecular weight excluding hydrogens is 312 g/mol. The summed E-state index contributed by atoms with van der Waals surface area (Å²) in [6.45, 7) is 6.09. The number of fused-ring (bicyclic) bond motifs is 1. The average Bonchev–Trinajstić information content (AvgIpc) is 2.99. The molecule has 1 aliphatic carbocycles. The highest BCUT2D eigenvalue weighted by Gasteiger charge is 2.21. The van der Waals surface area contributed by atoms with E-state index in [0.717, 1.165) is 6.54 Å². The molecule has 2 atom stereocenters. The molecule has 2 aliphatic rings. The summed E-state index contributed by atoms with van der Waals surface area (Å²) in [6.07, 6.45) is 6.45. The van der Waals surface area contributed by atoms with E-state index < -0.39 is 0 Å². The van der Waals surface area contributed by atoms with Crippen LogP contribution < -0.4 is 5.32 Å². The predicted octanol–water partition coefficient (Wildman–Crippen LogP) is 3.38. The lowest BCUT2D eigenvalue weighted by Crippen LogP contribution is -2.44. The number of hydrogen-bond acceptors (Lipinski definition) is 2. The van der Waals surface area contributed by atoms with Gasteiger partial charge in [-0.1, -0.05) is 22.0 Å². The summed E-state index contributed by atoms with van der Waals surface area (Å²) in [5.74, 6) is 0. The Kier molecular flexibility index (Phi) is 4.79. The Balaban J connectivity index is 1.51. The lowest BCUT2D eigenvalue weighted by Gasteiger charge is -2.30. The van der Waals surface area contributed by atoms with Crippen LogP contribution in [0.2, 0.25) is 0 Å². The monoisotopic (exact) mass is 336 g/mol. The molecule has 3 heteroatoms. The fraction of sp³-hybridized carbons (Fsp3) is 0.647. The van der Waals surface area contributed by atoms with E-state index in [0.29, 0.717) is 12.1 Å². The molecular formula is C17H25BrN2. The topological polar surface area (TPSA) is 15.3 Å². The van der Waals surface area contributed by atoms with Gasteiger partial charge < -0.3 is 5.32 Å². The van der Waals surface area contributed by atoms with E-state index in [9.17, 15) is 0 Å². The molecule has 0 radical (unpaired) electrons. The summed E-state index contributed by atoms with van der Waals surface area (Å²) in [4.78, 5) is 2.63. The van der Waals surface area contributed by atoms with E-state index in [2.05, 4.69) is 51.3 Å². The van der Waals surface area contributed by atoms with Gasteiger partial charge in [-0.2, -0.15) is 0 Å². The zero-order valence-electron chi connectivity index (χ0n) is 12.4. The molecule has 20 heavy (non-hydrogen) atoms. The first kappa shape index (κ1) is 14.6. The number of halogens is 1. The molecule has 0 aromatic heterocycles. The number of benzene rings is 1. The van der Waals surface area contributed by atoms with Gasteiger partial charge in [-0.15, -0.1) is 0 Å². The molecule has 1 heterocycles. The van der Waals surface area contributed by atoms with Gasteiger partial charge in [0.05, 0.1) is 0 Å². The number of rotatable bonds is 4. The lowest BCUT2D eigenvalue weighted by molar-refractivity contribution is 0.243. The van der Waals surface area contributed by atoms with Crippen molar-refractivity contribution in [1.29, 1.82) is 0 Å². The van der Waals surface area contributed by atoms with Crippen molar-refractivity contribution >= 4 is 15.9 Å². The molecule has 0 saturated carbocycles. The van der Waals surface area contributed by atoms with Crippen molar-refractivity contribution in [1.82, 2.24) is 10.2 Å². The minimum atomic E-state index is 0.661. The molecule has 0 amide bonds. The van der Waals surface area contributed by atoms with E-state index >= 15 is 0 Å². The Bertz CT molecular complexity index is 454. The Morgan fingerprint density at radius 3 is 2.90 bits per heavy atom. The fourth-order valence-corrected chi connectivity index (χ4v) is 3.96. The Labute approximate surface area is 131 Å². The second-order valence-electron chi connectivity index (χ2n) is 6.35. The summed E-state index contributed by atoms with van der Waals surface area (Å²) in [7, 11) is 0. The molecule has 1 fully saturated rings. The fourth-order valence-electron chi connectivity index (χ4n) is 3.55. The molecule has 110 valence electrons. The maximum absolute atomic E-state index is 3.80. The third-order valence-corrected chi connectivity index (χ3v) is 5.36. The molecule has 2 unspecified atom stereocenters. The van der Waals surface area contributed by atoms with Gasteiger partial charge in [-0.05, 0) is 75.4 Å². The molecule has 1 saturated heterocycles. The highest BCUT2D eigenvalue weighted by molar-refractivity contribution is 9.10. The maximum Gasteiger partial charge on any atom is 0.0192 e. The van der Waals surface area contributed by atoms with Crippen molar-refractivity contribution in [3.05, 3.63) is 33.8 Å². The van der Waals surface area contributed by atoms with E-state index in [1.165, 1.54) is 60.8 Å². The molecule has 0 spiro atoms. The summed E-state index contributed by atoms with van der Waals surface area (Å²) in [5.41, 5.74) is 3.07. The first-order valence-corrected chi connectivity index (χ1v) is 8.76. The normalized spacial score (nSPS) is 24.6. The Morgan fingerprint density at radius 2 is 2.10 bits per heavy atom. The van der Waals surface area contributed by atoms with Gasteiger partial charge in [-0.3, -0.25) is 4.90 Å². The van der Waals surface area contributed by atoms with Crippen LogP contribution in [0.25, 0.3) is 0 Å². The van der Waals surface area contributed by atoms with E-state index in [4.69, 9.17) is 0 Å². The number of likely N-dealkylation sites (tertiary alicyclic amines) is 1. The summed E-state index contributed by atoms with van der Waals surface area (Å²) >= 11 is 3.57. The van der Waals surface area contributed by atoms with Crippen molar-refractivity contribution in [2.75, 3.05) is 19.6 Å². The average molecular weight is 337 g/mol. The van der Waals surface area contributed by atoms with Crippen molar-refractivity contribution in [3.8, 4) is 0 Å². The molecule has 0 bridgehead atoms. The molecule has 3 rings (SSSR count). The third kappa shape index (κ3) is 3.44. The van der Waals surface area contributed by atoms with Gasteiger partial charge in [0.2, 0.25) is 0 Å². The second-order valence-corrected chi connectivity index (χ2v) is 7.27. The summed E-state index contributed by atoms with van der Waals surface area (Å²) in [5, 5.41) is 3.80. The molecule has 1 aliphatic heterocycles. The molecule has 1 N–H and O–H groups in total. The highest BCUT2D eigenvalue weighted by atomic mass is 79.9. The summed E-state index contributed by atoms with van der Waals surface area (Å²) < 4.78 is 1.21. The quantitative estimate of drug-likeness (QED) is 0.906. The highest BCUT2D eigenvalue weighted by Crippen LogP contribution is 2.25. The van der Waals surface area contributed by atoms with Crippen molar-refractivity contribution < 1.29 is 0 Å². The zero-order chi connectivity index (χ0) is 13.9. The van der Waals surface area contributed by atoms with E-state index in [1.54, 1.807) is 0 Å². The van der Waals surface area contributed by atoms with Crippen molar-refractivity contribution in [3.63, 3.8) is 0 Å². The van der Waals surface area contributed by atoms with Crippen molar-refractivity contribution in [2.24, 2.45) is 0 Å². The minimum Gasteiger partial charge on any atom is -0.312 e. The van der Waals surface area contributed by atoms with E-state index in [-0.39, 0.29) is 0 Å². The van der Waals surface area contributed by atoms with Gasteiger partial charge >= 0.3 is 0 Å². The third-order valence-electron chi connectivity index (χ3n) is 4.86. The van der Waals surface area contributed by atoms with Gasteiger partial charge in [0.1, 0.15) is 0 Å². The van der Waals surface area contributed by atoms with Crippen LogP contribution in [0, 0.1) is 0 Å². The number of nitrogens with zero attached hydrogens (tertiary/aromatic N) is 1. The van der Waals surface area contributed by atoms with Crippen LogP contribution in [0.3, 0.4) is 0 Å². The van der Waals surface area contributed by atoms with Crippen LogP contribution in [0.15, 0.2) is 22.7 Å². The SMILES string of the molecule is CC(CNC1CCc2cc(Br)ccc2C1)N1CCCC1. The van der Waals surface area contributed by atoms with Gasteiger partial charge in [0, 0.05) is 23.1 Å². The number of nitrogens with one attached hydrogen (secondary N) is 1. The first-order chi connectivity index (χ1) is 9.72. The van der Waals surface area contributed by atoms with Gasteiger partial charge in [0.15, 0.2) is 0 Å². The van der Waals surface area contributed by atoms with Crippen LogP contribution in [0.5, 0.6) is 0 Å². The standard InChI is InChI=1S/C17H25BrN2/c1-13(20-8-2-3-9-20)12-19-17-7-5-14-10-16(18)6-4-15(14)11-17/h4,6,10,13,17,19H,2-3,5,7-9,11-12H2,1H3. The van der Waals surface area contributed by atoms with Gasteiger partial charge in [-0.25, -0.2) is 0 Å². The van der Waals surface area contributed by atoms with Crippen molar-refractivity contribution in [2.45, 2.75) is 51.1 Å². The summed E-state index contributed by atoms with van der Waals surface area (Å²) in [6, 6.07) is 8.10. The largest absolute Gasteiger partial charge is 0.312 e. The molecule has 1 aromatic rings. The first-order valence-electron chi connectivity index (χ1n) is 7.97. The lowest BCUT2D eigenvalue weighted by atomic mass is 9.88. The molecule has 2 nitrogen and oxygen atoms in total. The maximum atomic E-state index is 3.80. The minimum absolute atomic E-state index is 0.661. The number of hydrogen-bond donors (Lipinski definition) is 1. The van der Waals surface area contributed by atoms with Crippen LogP contribution in [-0.4, -0.2) is 36.6 Å². The smallest absolute Gasteiger partial charge is 0.0192 e.